The van der Waals surface area contributed by atoms with Gasteiger partial charge in [-0.05, 0) is 42.8 Å². The fourth-order valence-electron chi connectivity index (χ4n) is 2.10. The normalized spacial score (nSPS) is 10.5. The number of aromatic nitrogens is 1. The lowest BCUT2D eigenvalue weighted by molar-refractivity contribution is -0.115. The molecule has 6 nitrogen and oxygen atoms in total. The van der Waals surface area contributed by atoms with E-state index in [-0.39, 0.29) is 24.0 Å². The van der Waals surface area contributed by atoms with Gasteiger partial charge in [0.1, 0.15) is 0 Å². The van der Waals surface area contributed by atoms with Crippen molar-refractivity contribution in [2.24, 2.45) is 0 Å². The van der Waals surface area contributed by atoms with Gasteiger partial charge in [-0.3, -0.25) is 14.9 Å². The van der Waals surface area contributed by atoms with Gasteiger partial charge in [-0.25, -0.2) is 4.98 Å². The van der Waals surface area contributed by atoms with Crippen LogP contribution in [0.3, 0.4) is 0 Å². The number of carbonyl (C=O) groups is 2. The van der Waals surface area contributed by atoms with Gasteiger partial charge < -0.3 is 9.73 Å². The Morgan fingerprint density at radius 3 is 2.84 bits per heavy atom. The maximum Gasteiger partial charge on any atom is 0.293 e. The van der Waals surface area contributed by atoms with Crippen molar-refractivity contribution in [1.82, 2.24) is 4.98 Å². The summed E-state index contributed by atoms with van der Waals surface area (Å²) >= 11 is 4.68. The maximum atomic E-state index is 12.1. The molecule has 2 heterocycles. The average Bonchev–Trinajstić information content (AvgIpc) is 3.23. The number of benzene rings is 1. The summed E-state index contributed by atoms with van der Waals surface area (Å²) in [5, 5.41) is 7.63. The number of carbonyl (C=O) groups excluding carboxylic acids is 2. The minimum Gasteiger partial charge on any atom is -0.459 e. The van der Waals surface area contributed by atoms with E-state index in [1.807, 2.05) is 25.1 Å². The number of amides is 2. The summed E-state index contributed by atoms with van der Waals surface area (Å²) in [7, 11) is 0. The first-order chi connectivity index (χ1) is 12.0. The molecular formula is C17H14BrN3O3S. The molecule has 0 radical (unpaired) electrons. The van der Waals surface area contributed by atoms with Crippen LogP contribution in [-0.4, -0.2) is 16.8 Å². The predicted octanol–water partition coefficient (Wildman–Crippen LogP) is 4.24. The number of aryl methyl sites for hydroxylation is 1. The Morgan fingerprint density at radius 2 is 2.12 bits per heavy atom. The van der Waals surface area contributed by atoms with E-state index in [0.29, 0.717) is 10.8 Å². The molecule has 25 heavy (non-hydrogen) atoms. The van der Waals surface area contributed by atoms with Crippen molar-refractivity contribution >= 4 is 49.9 Å². The zero-order valence-electron chi connectivity index (χ0n) is 13.2. The number of hydrogen-bond acceptors (Lipinski definition) is 5. The van der Waals surface area contributed by atoms with E-state index in [4.69, 9.17) is 4.42 Å². The molecule has 3 aromatic rings. The molecule has 2 N–H and O–H groups in total. The van der Waals surface area contributed by atoms with Crippen LogP contribution in [0.15, 0.2) is 50.9 Å². The summed E-state index contributed by atoms with van der Waals surface area (Å²) in [4.78, 5) is 28.3. The van der Waals surface area contributed by atoms with Crippen LogP contribution in [0.2, 0.25) is 0 Å². The van der Waals surface area contributed by atoms with Gasteiger partial charge in [-0.2, -0.15) is 0 Å². The Labute approximate surface area is 156 Å². The molecule has 0 saturated heterocycles. The number of thiazole rings is 1. The summed E-state index contributed by atoms with van der Waals surface area (Å²) in [5.41, 5.74) is 2.35. The summed E-state index contributed by atoms with van der Waals surface area (Å²) < 4.78 is 6.01. The van der Waals surface area contributed by atoms with Crippen LogP contribution in [0.1, 0.15) is 21.8 Å². The molecule has 2 amide bonds. The van der Waals surface area contributed by atoms with Crippen LogP contribution < -0.4 is 10.6 Å². The van der Waals surface area contributed by atoms with Crippen molar-refractivity contribution in [3.05, 3.63) is 63.5 Å². The third-order valence-corrected chi connectivity index (χ3v) is 5.00. The second-order valence-electron chi connectivity index (χ2n) is 5.26. The molecule has 2 aromatic heterocycles. The van der Waals surface area contributed by atoms with Gasteiger partial charge in [-0.1, -0.05) is 15.9 Å². The Kier molecular flexibility index (Phi) is 5.30. The molecule has 0 aliphatic carbocycles. The second kappa shape index (κ2) is 7.62. The zero-order valence-corrected chi connectivity index (χ0v) is 15.6. The molecule has 0 atom stereocenters. The lowest BCUT2D eigenvalue weighted by Gasteiger charge is -2.06. The number of anilines is 2. The van der Waals surface area contributed by atoms with E-state index in [0.717, 1.165) is 15.7 Å². The van der Waals surface area contributed by atoms with Gasteiger partial charge in [0, 0.05) is 15.5 Å². The average molecular weight is 420 g/mol. The maximum absolute atomic E-state index is 12.1. The van der Waals surface area contributed by atoms with Gasteiger partial charge in [-0.15, -0.1) is 11.3 Å². The molecule has 0 aliphatic heterocycles. The number of halogens is 1. The molecule has 0 aliphatic rings. The smallest absolute Gasteiger partial charge is 0.293 e. The Morgan fingerprint density at radius 1 is 1.28 bits per heavy atom. The van der Waals surface area contributed by atoms with Crippen LogP contribution in [-0.2, 0) is 11.2 Å². The highest BCUT2D eigenvalue weighted by molar-refractivity contribution is 9.10. The summed E-state index contributed by atoms with van der Waals surface area (Å²) in [6.07, 6.45) is 1.55. The van der Waals surface area contributed by atoms with E-state index >= 15 is 0 Å². The topological polar surface area (TPSA) is 84.2 Å². The Bertz CT molecular complexity index is 906. The van der Waals surface area contributed by atoms with Crippen LogP contribution >= 0.6 is 27.3 Å². The number of hydrogen-bond donors (Lipinski definition) is 2. The highest BCUT2D eigenvalue weighted by Crippen LogP contribution is 2.21. The van der Waals surface area contributed by atoms with Crippen molar-refractivity contribution < 1.29 is 14.0 Å². The van der Waals surface area contributed by atoms with Crippen LogP contribution in [0.4, 0.5) is 10.8 Å². The van der Waals surface area contributed by atoms with Gasteiger partial charge in [0.2, 0.25) is 5.91 Å². The highest BCUT2D eigenvalue weighted by Gasteiger charge is 2.13. The number of nitrogens with zero attached hydrogens (tertiary/aromatic N) is 1. The molecule has 0 bridgehead atoms. The fourth-order valence-corrected chi connectivity index (χ4v) is 3.06. The number of rotatable bonds is 5. The third kappa shape index (κ3) is 4.55. The zero-order chi connectivity index (χ0) is 17.8. The Balaban J connectivity index is 1.58. The quantitative estimate of drug-likeness (QED) is 0.647. The van der Waals surface area contributed by atoms with Crippen LogP contribution in [0, 0.1) is 6.92 Å². The SMILES string of the molecule is Cc1cc(NC(=O)Cc2csc(NC(=O)c3ccco3)n2)ccc1Br. The second-order valence-corrected chi connectivity index (χ2v) is 6.98. The molecule has 1 aromatic carbocycles. The molecule has 0 spiro atoms. The lowest BCUT2D eigenvalue weighted by Crippen LogP contribution is -2.15. The van der Waals surface area contributed by atoms with Crippen molar-refractivity contribution in [2.45, 2.75) is 13.3 Å². The van der Waals surface area contributed by atoms with Gasteiger partial charge >= 0.3 is 0 Å². The molecular weight excluding hydrogens is 406 g/mol. The first-order valence-corrected chi connectivity index (χ1v) is 9.04. The molecule has 0 saturated carbocycles. The minimum absolute atomic E-state index is 0.127. The third-order valence-electron chi connectivity index (χ3n) is 3.30. The van der Waals surface area contributed by atoms with Crippen molar-refractivity contribution in [2.75, 3.05) is 10.6 Å². The first-order valence-electron chi connectivity index (χ1n) is 7.36. The fraction of sp³-hybridized carbons (Fsp3) is 0.118. The van der Waals surface area contributed by atoms with E-state index in [1.165, 1.54) is 17.6 Å². The van der Waals surface area contributed by atoms with Gasteiger partial charge in [0.15, 0.2) is 10.9 Å². The van der Waals surface area contributed by atoms with Crippen molar-refractivity contribution in [1.29, 1.82) is 0 Å². The molecule has 0 fully saturated rings. The Hall–Kier alpha value is -2.45. The van der Waals surface area contributed by atoms with Crippen molar-refractivity contribution in [3.8, 4) is 0 Å². The van der Waals surface area contributed by atoms with Crippen LogP contribution in [0.5, 0.6) is 0 Å². The summed E-state index contributed by atoms with van der Waals surface area (Å²) in [6.45, 7) is 1.95. The van der Waals surface area contributed by atoms with Crippen LogP contribution in [0.25, 0.3) is 0 Å². The van der Waals surface area contributed by atoms with E-state index in [9.17, 15) is 9.59 Å². The first kappa shape index (κ1) is 17.4. The van der Waals surface area contributed by atoms with Crippen molar-refractivity contribution in [3.63, 3.8) is 0 Å². The van der Waals surface area contributed by atoms with Gasteiger partial charge in [0.25, 0.3) is 5.91 Å². The number of furan rings is 1. The molecule has 3 rings (SSSR count). The molecule has 8 heteroatoms. The lowest BCUT2D eigenvalue weighted by atomic mass is 10.2. The highest BCUT2D eigenvalue weighted by atomic mass is 79.9. The standard InChI is InChI=1S/C17H14BrN3O3S/c1-10-7-11(4-5-13(10)18)19-15(22)8-12-9-25-17(20-12)21-16(23)14-3-2-6-24-14/h2-7,9H,8H2,1H3,(H,19,22)(H,20,21,23). The summed E-state index contributed by atoms with van der Waals surface area (Å²) in [5.74, 6) is -0.336. The molecule has 0 unspecified atom stereocenters. The monoisotopic (exact) mass is 419 g/mol. The van der Waals surface area contributed by atoms with E-state index < -0.39 is 0 Å². The summed E-state index contributed by atoms with van der Waals surface area (Å²) in [6, 6.07) is 8.80. The number of nitrogens with one attached hydrogen (secondary N) is 2. The van der Waals surface area contributed by atoms with Gasteiger partial charge in [0.05, 0.1) is 18.4 Å². The van der Waals surface area contributed by atoms with E-state index in [2.05, 4.69) is 31.5 Å². The van der Waals surface area contributed by atoms with E-state index in [1.54, 1.807) is 17.5 Å². The minimum atomic E-state index is -0.374. The molecule has 128 valence electrons. The largest absolute Gasteiger partial charge is 0.459 e. The predicted molar refractivity (Wildman–Crippen MR) is 100.0 cm³/mol.